The third kappa shape index (κ3) is 3.74. The molecule has 4 heterocycles. The Kier molecular flexibility index (Phi) is 5.34. The van der Waals surface area contributed by atoms with Gasteiger partial charge >= 0.3 is 0 Å². The van der Waals surface area contributed by atoms with E-state index in [1.807, 2.05) is 29.5 Å². The van der Waals surface area contributed by atoms with Gasteiger partial charge in [0, 0.05) is 55.1 Å². The van der Waals surface area contributed by atoms with Crippen LogP contribution in [0.2, 0.25) is 0 Å². The number of hydrogen-bond acceptors (Lipinski definition) is 6. The molecule has 3 N–H and O–H groups in total. The molecule has 6 rings (SSSR count). The fraction of sp³-hybridized carbons (Fsp3) is 0.185. The molecule has 0 spiro atoms. The zero-order valence-corrected chi connectivity index (χ0v) is 19.7. The number of amides is 1. The van der Waals surface area contributed by atoms with Crippen LogP contribution in [0.1, 0.15) is 16.1 Å². The number of carbonyl (C=O) groups is 1. The fourth-order valence-electron chi connectivity index (χ4n) is 4.72. The zero-order valence-electron chi connectivity index (χ0n) is 19.7. The normalized spacial score (nSPS) is 14.0. The maximum Gasteiger partial charge on any atom is 0.274 e. The van der Waals surface area contributed by atoms with Crippen molar-refractivity contribution in [3.63, 3.8) is 0 Å². The SMILES string of the molecule is Cc1ccnc2ccc(-c3c(-c4ccc(F)cc4)nc(N)c4nc(C(=O)N5CCNCC5)cn34)cc12. The summed E-state index contributed by atoms with van der Waals surface area (Å²) in [7, 11) is 0. The van der Waals surface area contributed by atoms with E-state index in [0.29, 0.717) is 41.4 Å². The number of fused-ring (bicyclic) bond motifs is 2. The van der Waals surface area contributed by atoms with Crippen LogP contribution in [0.4, 0.5) is 10.2 Å². The molecular weight excluding hydrogens is 457 g/mol. The van der Waals surface area contributed by atoms with Crippen molar-refractivity contribution in [2.75, 3.05) is 31.9 Å². The zero-order chi connectivity index (χ0) is 24.8. The first-order valence-corrected chi connectivity index (χ1v) is 11.8. The molecule has 0 radical (unpaired) electrons. The molecule has 1 fully saturated rings. The molecule has 0 saturated carbocycles. The molecule has 9 heteroatoms. The number of aryl methyl sites for hydroxylation is 1. The Balaban J connectivity index is 1.61. The highest BCUT2D eigenvalue weighted by atomic mass is 19.1. The highest BCUT2D eigenvalue weighted by Crippen LogP contribution is 2.35. The van der Waals surface area contributed by atoms with Gasteiger partial charge < -0.3 is 16.0 Å². The Hall–Kier alpha value is -4.37. The van der Waals surface area contributed by atoms with Gasteiger partial charge in [0.2, 0.25) is 0 Å². The lowest BCUT2D eigenvalue weighted by molar-refractivity contribution is 0.0730. The minimum atomic E-state index is -0.340. The summed E-state index contributed by atoms with van der Waals surface area (Å²) in [6.07, 6.45) is 3.51. The lowest BCUT2D eigenvalue weighted by Gasteiger charge is -2.26. The van der Waals surface area contributed by atoms with E-state index in [1.54, 1.807) is 29.4 Å². The van der Waals surface area contributed by atoms with E-state index in [2.05, 4.69) is 26.3 Å². The van der Waals surface area contributed by atoms with Crippen LogP contribution in [0.5, 0.6) is 0 Å². The van der Waals surface area contributed by atoms with Crippen LogP contribution in [0, 0.1) is 12.7 Å². The molecule has 1 aliphatic heterocycles. The molecule has 1 amide bonds. The molecular formula is C27H24FN7O. The largest absolute Gasteiger partial charge is 0.381 e. The number of nitrogens with zero attached hydrogens (tertiary/aromatic N) is 5. The second-order valence-corrected chi connectivity index (χ2v) is 8.92. The Bertz CT molecular complexity index is 1620. The standard InChI is InChI=1S/C27H24FN7O/c1-16-8-9-31-21-7-4-18(14-20(16)21)24-23(17-2-5-19(28)6-3-17)33-25(29)26-32-22(15-35(24)26)27(36)34-12-10-30-11-13-34/h2-9,14-15,30H,10-13H2,1H3,(H2,29,33). The second kappa shape index (κ2) is 8.69. The van der Waals surface area contributed by atoms with Crippen molar-refractivity contribution in [2.24, 2.45) is 0 Å². The van der Waals surface area contributed by atoms with Gasteiger partial charge in [0.1, 0.15) is 11.5 Å². The van der Waals surface area contributed by atoms with Crippen LogP contribution in [-0.2, 0) is 0 Å². The summed E-state index contributed by atoms with van der Waals surface area (Å²) >= 11 is 0. The third-order valence-electron chi connectivity index (χ3n) is 6.61. The Morgan fingerprint density at radius 3 is 2.56 bits per heavy atom. The van der Waals surface area contributed by atoms with Gasteiger partial charge in [-0.15, -0.1) is 0 Å². The van der Waals surface area contributed by atoms with Gasteiger partial charge in [0.05, 0.1) is 16.9 Å². The molecule has 0 bridgehead atoms. The van der Waals surface area contributed by atoms with Crippen LogP contribution in [0.15, 0.2) is 60.9 Å². The number of halogens is 1. The topological polar surface area (TPSA) is 101 Å². The lowest BCUT2D eigenvalue weighted by atomic mass is 10.0. The number of anilines is 1. The van der Waals surface area contributed by atoms with E-state index in [0.717, 1.165) is 35.1 Å². The van der Waals surface area contributed by atoms with Gasteiger partial charge in [-0.2, -0.15) is 0 Å². The number of carbonyl (C=O) groups excluding carboxylic acids is 1. The molecule has 180 valence electrons. The Morgan fingerprint density at radius 2 is 1.78 bits per heavy atom. The molecule has 1 saturated heterocycles. The van der Waals surface area contributed by atoms with E-state index < -0.39 is 0 Å². The summed E-state index contributed by atoms with van der Waals surface area (Å²) in [5.41, 5.74) is 11.9. The van der Waals surface area contributed by atoms with Crippen LogP contribution in [-0.4, -0.2) is 56.3 Å². The molecule has 2 aromatic carbocycles. The molecule has 0 atom stereocenters. The number of benzene rings is 2. The average Bonchev–Trinajstić information content (AvgIpc) is 3.35. The molecule has 0 unspecified atom stereocenters. The number of piperazine rings is 1. The summed E-state index contributed by atoms with van der Waals surface area (Å²) in [6.45, 7) is 4.75. The second-order valence-electron chi connectivity index (χ2n) is 8.92. The summed E-state index contributed by atoms with van der Waals surface area (Å²) in [4.78, 5) is 28.8. The summed E-state index contributed by atoms with van der Waals surface area (Å²) in [5, 5.41) is 4.26. The van der Waals surface area contributed by atoms with E-state index in [9.17, 15) is 9.18 Å². The molecule has 3 aromatic heterocycles. The Morgan fingerprint density at radius 1 is 1.03 bits per heavy atom. The number of imidazole rings is 1. The number of rotatable bonds is 3. The minimum Gasteiger partial charge on any atom is -0.381 e. The molecule has 36 heavy (non-hydrogen) atoms. The molecule has 0 aliphatic carbocycles. The quantitative estimate of drug-likeness (QED) is 0.408. The van der Waals surface area contributed by atoms with Crippen molar-refractivity contribution < 1.29 is 9.18 Å². The highest BCUT2D eigenvalue weighted by Gasteiger charge is 2.24. The number of nitrogens with two attached hydrogens (primary N) is 1. The predicted octanol–water partition coefficient (Wildman–Crippen LogP) is 3.69. The number of nitrogen functional groups attached to an aromatic ring is 1. The van der Waals surface area contributed by atoms with Crippen molar-refractivity contribution in [1.29, 1.82) is 0 Å². The summed E-state index contributed by atoms with van der Waals surface area (Å²) in [5.74, 6) is -0.295. The van der Waals surface area contributed by atoms with E-state index in [4.69, 9.17) is 5.73 Å². The first-order valence-electron chi connectivity index (χ1n) is 11.8. The summed E-state index contributed by atoms with van der Waals surface area (Å²) < 4.78 is 15.6. The molecule has 5 aromatic rings. The van der Waals surface area contributed by atoms with E-state index in [-0.39, 0.29) is 17.5 Å². The average molecular weight is 482 g/mol. The number of aromatic nitrogens is 4. The fourth-order valence-corrected chi connectivity index (χ4v) is 4.72. The molecule has 1 aliphatic rings. The van der Waals surface area contributed by atoms with Gasteiger partial charge in [0.15, 0.2) is 11.5 Å². The van der Waals surface area contributed by atoms with Gasteiger partial charge in [-0.1, -0.05) is 6.07 Å². The lowest BCUT2D eigenvalue weighted by Crippen LogP contribution is -2.46. The first-order chi connectivity index (χ1) is 17.5. The van der Waals surface area contributed by atoms with Crippen LogP contribution in [0.25, 0.3) is 39.1 Å². The van der Waals surface area contributed by atoms with Crippen LogP contribution in [0.3, 0.4) is 0 Å². The van der Waals surface area contributed by atoms with Gasteiger partial charge in [-0.05, 0) is 55.0 Å². The van der Waals surface area contributed by atoms with Crippen molar-refractivity contribution in [2.45, 2.75) is 6.92 Å². The molecule has 8 nitrogen and oxygen atoms in total. The van der Waals surface area contributed by atoms with Crippen molar-refractivity contribution in [3.8, 4) is 22.5 Å². The maximum absolute atomic E-state index is 13.7. The number of pyridine rings is 1. The Labute approximate surface area is 206 Å². The summed E-state index contributed by atoms with van der Waals surface area (Å²) in [6, 6.07) is 14.1. The first kappa shape index (κ1) is 22.1. The predicted molar refractivity (Wildman–Crippen MR) is 137 cm³/mol. The van der Waals surface area contributed by atoms with Crippen molar-refractivity contribution in [1.82, 2.24) is 29.6 Å². The van der Waals surface area contributed by atoms with Crippen LogP contribution >= 0.6 is 0 Å². The van der Waals surface area contributed by atoms with Gasteiger partial charge in [-0.25, -0.2) is 14.4 Å². The third-order valence-corrected chi connectivity index (χ3v) is 6.61. The smallest absolute Gasteiger partial charge is 0.274 e. The van der Waals surface area contributed by atoms with Crippen LogP contribution < -0.4 is 11.1 Å². The van der Waals surface area contributed by atoms with Crippen molar-refractivity contribution in [3.05, 3.63) is 78.0 Å². The number of nitrogens with one attached hydrogen (secondary N) is 1. The number of hydrogen-bond donors (Lipinski definition) is 2. The monoisotopic (exact) mass is 481 g/mol. The van der Waals surface area contributed by atoms with E-state index >= 15 is 0 Å². The van der Waals surface area contributed by atoms with E-state index in [1.165, 1.54) is 12.1 Å². The maximum atomic E-state index is 13.7. The van der Waals surface area contributed by atoms with Crippen molar-refractivity contribution >= 4 is 28.3 Å². The minimum absolute atomic E-state index is 0.146. The van der Waals surface area contributed by atoms with Gasteiger partial charge in [-0.3, -0.25) is 14.2 Å². The van der Waals surface area contributed by atoms with Gasteiger partial charge in [0.25, 0.3) is 5.91 Å². The highest BCUT2D eigenvalue weighted by molar-refractivity contribution is 5.95.